The zero-order chi connectivity index (χ0) is 20.0. The van der Waals surface area contributed by atoms with Gasteiger partial charge < -0.3 is 15.3 Å². The maximum atomic E-state index is 12.0. The minimum Gasteiger partial charge on any atom is -0.355 e. The van der Waals surface area contributed by atoms with Gasteiger partial charge in [0.1, 0.15) is 5.82 Å². The lowest BCUT2D eigenvalue weighted by atomic mass is 10.2. The number of hydrogen-bond donors (Lipinski definition) is 3. The number of pyridine rings is 1. The maximum Gasteiger partial charge on any atom is 0.323 e. The van der Waals surface area contributed by atoms with E-state index in [1.807, 2.05) is 41.0 Å². The number of carbonyl (C=O) groups excluding carboxylic acids is 1. The van der Waals surface area contributed by atoms with Crippen LogP contribution in [0.5, 0.6) is 0 Å². The van der Waals surface area contributed by atoms with E-state index in [2.05, 4.69) is 20.3 Å². The molecule has 0 spiro atoms. The first-order chi connectivity index (χ1) is 14.1. The van der Waals surface area contributed by atoms with E-state index >= 15 is 0 Å². The minimum atomic E-state index is -0.253. The van der Waals surface area contributed by atoms with Crippen LogP contribution >= 0.6 is 0 Å². The summed E-state index contributed by atoms with van der Waals surface area (Å²) in [4.78, 5) is 38.1. The van der Waals surface area contributed by atoms with Crippen LogP contribution in [0.1, 0.15) is 10.4 Å². The number of amides is 1. The van der Waals surface area contributed by atoms with Crippen LogP contribution in [0.3, 0.4) is 0 Å². The summed E-state index contributed by atoms with van der Waals surface area (Å²) >= 11 is 0. The van der Waals surface area contributed by atoms with Crippen molar-refractivity contribution in [2.75, 3.05) is 7.05 Å². The molecule has 0 aliphatic carbocycles. The van der Waals surface area contributed by atoms with Crippen LogP contribution in [-0.4, -0.2) is 37.5 Å². The molecule has 5 rings (SSSR count). The van der Waals surface area contributed by atoms with Crippen LogP contribution in [0.4, 0.5) is 0 Å². The van der Waals surface area contributed by atoms with Crippen molar-refractivity contribution in [1.82, 2.24) is 29.8 Å². The van der Waals surface area contributed by atoms with Gasteiger partial charge in [-0.25, -0.2) is 9.78 Å². The molecular formula is C21H16N6O2. The number of imidazole rings is 2. The molecule has 3 heterocycles. The van der Waals surface area contributed by atoms with Gasteiger partial charge in [0, 0.05) is 36.3 Å². The highest BCUT2D eigenvalue weighted by Crippen LogP contribution is 2.29. The first-order valence-electron chi connectivity index (χ1n) is 9.01. The van der Waals surface area contributed by atoms with Crippen molar-refractivity contribution in [2.24, 2.45) is 0 Å². The molecule has 0 aliphatic rings. The largest absolute Gasteiger partial charge is 0.355 e. The molecule has 0 fully saturated rings. The molecule has 3 N–H and O–H groups in total. The van der Waals surface area contributed by atoms with Gasteiger partial charge in [-0.3, -0.25) is 14.3 Å². The van der Waals surface area contributed by atoms with Crippen LogP contribution in [-0.2, 0) is 0 Å². The second-order valence-electron chi connectivity index (χ2n) is 6.60. The molecule has 2 aromatic carbocycles. The fourth-order valence-corrected chi connectivity index (χ4v) is 3.48. The molecule has 0 unspecified atom stereocenters. The Morgan fingerprint density at radius 1 is 1.00 bits per heavy atom. The van der Waals surface area contributed by atoms with Gasteiger partial charge in [-0.2, -0.15) is 0 Å². The third-order valence-corrected chi connectivity index (χ3v) is 4.84. The van der Waals surface area contributed by atoms with Crippen molar-refractivity contribution in [3.8, 4) is 17.1 Å². The van der Waals surface area contributed by atoms with Gasteiger partial charge in [0.05, 0.1) is 22.1 Å². The predicted octanol–water partition coefficient (Wildman–Crippen LogP) is 2.62. The molecule has 0 saturated carbocycles. The highest BCUT2D eigenvalue weighted by Gasteiger charge is 2.16. The summed E-state index contributed by atoms with van der Waals surface area (Å²) in [7, 11) is 1.60. The zero-order valence-electron chi connectivity index (χ0n) is 15.4. The van der Waals surface area contributed by atoms with E-state index in [0.29, 0.717) is 22.4 Å². The van der Waals surface area contributed by atoms with E-state index in [0.717, 1.165) is 22.3 Å². The van der Waals surface area contributed by atoms with Crippen molar-refractivity contribution in [2.45, 2.75) is 0 Å². The fourth-order valence-electron chi connectivity index (χ4n) is 3.48. The van der Waals surface area contributed by atoms with E-state index in [4.69, 9.17) is 4.98 Å². The molecule has 29 heavy (non-hydrogen) atoms. The Morgan fingerprint density at radius 3 is 2.59 bits per heavy atom. The van der Waals surface area contributed by atoms with E-state index in [1.165, 1.54) is 0 Å². The first-order valence-corrected chi connectivity index (χ1v) is 9.01. The normalized spacial score (nSPS) is 11.2. The average molecular weight is 384 g/mol. The lowest BCUT2D eigenvalue weighted by Gasteiger charge is -2.10. The topological polar surface area (TPSA) is 108 Å². The molecule has 3 aromatic heterocycles. The summed E-state index contributed by atoms with van der Waals surface area (Å²) < 4.78 is 2.00. The molecule has 142 valence electrons. The number of fused-ring (bicyclic) bond motifs is 2. The van der Waals surface area contributed by atoms with Crippen LogP contribution < -0.4 is 11.0 Å². The number of nitrogens with one attached hydrogen (secondary N) is 3. The van der Waals surface area contributed by atoms with Gasteiger partial charge >= 0.3 is 5.69 Å². The van der Waals surface area contributed by atoms with Gasteiger partial charge in [-0.1, -0.05) is 0 Å². The van der Waals surface area contributed by atoms with Crippen LogP contribution in [0.25, 0.3) is 39.1 Å². The van der Waals surface area contributed by atoms with E-state index in [9.17, 15) is 9.59 Å². The quantitative estimate of drug-likeness (QED) is 0.444. The van der Waals surface area contributed by atoms with Crippen molar-refractivity contribution in [3.05, 3.63) is 77.0 Å². The maximum absolute atomic E-state index is 12.0. The summed E-state index contributed by atoms with van der Waals surface area (Å²) in [6, 6.07) is 14.8. The standard InChI is InChI=1S/C21H16N6O2/c1-22-20(28)13-2-5-18-17(10-13)24-19(12-6-8-23-9-7-12)27(18)14-3-4-15-16(11-14)26-21(29)25-15/h2-11H,1H3,(H,22,28)(H2,25,26,29). The second-order valence-corrected chi connectivity index (χ2v) is 6.60. The highest BCUT2D eigenvalue weighted by molar-refractivity contribution is 5.98. The van der Waals surface area contributed by atoms with Crippen LogP contribution in [0, 0.1) is 0 Å². The Labute approximate surface area is 164 Å². The van der Waals surface area contributed by atoms with Gasteiger partial charge in [-0.05, 0) is 48.5 Å². The lowest BCUT2D eigenvalue weighted by Crippen LogP contribution is -2.17. The summed E-state index contributed by atoms with van der Waals surface area (Å²) in [6.45, 7) is 0. The molecule has 8 nitrogen and oxygen atoms in total. The van der Waals surface area contributed by atoms with E-state index in [-0.39, 0.29) is 11.6 Å². The number of aromatic nitrogens is 5. The van der Waals surface area contributed by atoms with E-state index in [1.54, 1.807) is 31.6 Å². The number of aromatic amines is 2. The van der Waals surface area contributed by atoms with Gasteiger partial charge in [0.15, 0.2) is 0 Å². The van der Waals surface area contributed by atoms with Crippen molar-refractivity contribution in [3.63, 3.8) is 0 Å². The second kappa shape index (κ2) is 6.45. The van der Waals surface area contributed by atoms with Crippen LogP contribution in [0.15, 0.2) is 65.7 Å². The Kier molecular flexibility index (Phi) is 3.77. The van der Waals surface area contributed by atoms with Crippen molar-refractivity contribution in [1.29, 1.82) is 0 Å². The monoisotopic (exact) mass is 384 g/mol. The first kappa shape index (κ1) is 16.9. The molecular weight excluding hydrogens is 368 g/mol. The number of nitrogens with zero attached hydrogens (tertiary/aromatic N) is 3. The fraction of sp³-hybridized carbons (Fsp3) is 0.0476. The Hall–Kier alpha value is -4.20. The highest BCUT2D eigenvalue weighted by atomic mass is 16.1. The van der Waals surface area contributed by atoms with Crippen LogP contribution in [0.2, 0.25) is 0 Å². The lowest BCUT2D eigenvalue weighted by molar-refractivity contribution is 0.0963. The molecule has 0 radical (unpaired) electrons. The summed E-state index contributed by atoms with van der Waals surface area (Å²) in [5.74, 6) is 0.548. The molecule has 0 bridgehead atoms. The Morgan fingerprint density at radius 2 is 1.79 bits per heavy atom. The van der Waals surface area contributed by atoms with Gasteiger partial charge in [0.25, 0.3) is 5.91 Å². The van der Waals surface area contributed by atoms with Gasteiger partial charge in [-0.15, -0.1) is 0 Å². The Balaban J connectivity index is 1.80. The van der Waals surface area contributed by atoms with E-state index < -0.39 is 0 Å². The number of carbonyl (C=O) groups is 1. The molecule has 0 saturated heterocycles. The summed E-state index contributed by atoms with van der Waals surface area (Å²) in [6.07, 6.45) is 3.42. The molecule has 1 amide bonds. The number of H-pyrrole nitrogens is 2. The van der Waals surface area contributed by atoms with Gasteiger partial charge in [0.2, 0.25) is 0 Å². The number of benzene rings is 2. The third-order valence-electron chi connectivity index (χ3n) is 4.84. The molecule has 0 aliphatic heterocycles. The number of rotatable bonds is 3. The third kappa shape index (κ3) is 2.78. The average Bonchev–Trinajstić information content (AvgIpc) is 3.32. The minimum absolute atomic E-state index is 0.168. The molecule has 5 aromatic rings. The summed E-state index contributed by atoms with van der Waals surface area (Å²) in [5.41, 5.74) is 5.00. The predicted molar refractivity (Wildman–Crippen MR) is 110 cm³/mol. The smallest absolute Gasteiger partial charge is 0.323 e. The molecule has 0 atom stereocenters. The summed E-state index contributed by atoms with van der Waals surface area (Å²) in [5, 5.41) is 2.63. The number of hydrogen-bond acceptors (Lipinski definition) is 4. The van der Waals surface area contributed by atoms with Crippen molar-refractivity contribution < 1.29 is 4.79 Å². The zero-order valence-corrected chi connectivity index (χ0v) is 15.4. The Bertz CT molecular complexity index is 1430. The SMILES string of the molecule is CNC(=O)c1ccc2c(c1)nc(-c1ccncc1)n2-c1ccc2[nH]c(=O)[nH]c2c1. The molecule has 8 heteroatoms. The van der Waals surface area contributed by atoms with Crippen molar-refractivity contribution >= 4 is 28.0 Å².